The fraction of sp³-hybridized carbons (Fsp3) is 0.105. The molecule has 2 aromatic carbocycles. The van der Waals surface area contributed by atoms with E-state index in [4.69, 9.17) is 9.84 Å². The number of hydrogen-bond donors (Lipinski definition) is 2. The Kier molecular flexibility index (Phi) is 4.45. The van der Waals surface area contributed by atoms with Crippen LogP contribution in [0.2, 0.25) is 0 Å². The van der Waals surface area contributed by atoms with Gasteiger partial charge in [0.15, 0.2) is 11.5 Å². The summed E-state index contributed by atoms with van der Waals surface area (Å²) in [6, 6.07) is 10.7. The lowest BCUT2D eigenvalue weighted by Gasteiger charge is -2.11. The Morgan fingerprint density at radius 2 is 1.88 bits per heavy atom. The SMILES string of the molecule is COc1cc(/C=C2\C(=O)N(c3ccc(C(=O)O)cc3)N=C2C)ccc1O. The van der Waals surface area contributed by atoms with Crippen molar-refractivity contribution < 1.29 is 24.5 Å². The van der Waals surface area contributed by atoms with Crippen molar-refractivity contribution in [2.24, 2.45) is 5.10 Å². The van der Waals surface area contributed by atoms with Gasteiger partial charge in [-0.05, 0) is 55.0 Å². The van der Waals surface area contributed by atoms with Crippen LogP contribution in [0.15, 0.2) is 53.1 Å². The zero-order valence-corrected chi connectivity index (χ0v) is 14.1. The third kappa shape index (κ3) is 3.14. The van der Waals surface area contributed by atoms with Crippen molar-refractivity contribution in [1.29, 1.82) is 0 Å². The molecule has 0 saturated heterocycles. The van der Waals surface area contributed by atoms with Crippen LogP contribution in [0.4, 0.5) is 5.69 Å². The summed E-state index contributed by atoms with van der Waals surface area (Å²) in [6.45, 7) is 1.72. The summed E-state index contributed by atoms with van der Waals surface area (Å²) in [5, 5.41) is 24.1. The summed E-state index contributed by atoms with van der Waals surface area (Å²) >= 11 is 0. The summed E-state index contributed by atoms with van der Waals surface area (Å²) in [4.78, 5) is 23.6. The van der Waals surface area contributed by atoms with E-state index >= 15 is 0 Å². The molecule has 0 fully saturated rings. The van der Waals surface area contributed by atoms with E-state index in [0.717, 1.165) is 0 Å². The van der Waals surface area contributed by atoms with Gasteiger partial charge in [0.2, 0.25) is 0 Å². The minimum Gasteiger partial charge on any atom is -0.504 e. The summed E-state index contributed by atoms with van der Waals surface area (Å²) in [7, 11) is 1.45. The minimum atomic E-state index is -1.04. The molecule has 26 heavy (non-hydrogen) atoms. The van der Waals surface area contributed by atoms with E-state index in [-0.39, 0.29) is 17.2 Å². The number of anilines is 1. The lowest BCUT2D eigenvalue weighted by molar-refractivity contribution is -0.114. The van der Waals surface area contributed by atoms with E-state index in [1.807, 2.05) is 0 Å². The Labute approximate surface area is 149 Å². The van der Waals surface area contributed by atoms with Crippen LogP contribution in [0.5, 0.6) is 11.5 Å². The van der Waals surface area contributed by atoms with E-state index in [9.17, 15) is 14.7 Å². The predicted octanol–water partition coefficient (Wildman–Crippen LogP) is 2.91. The number of ether oxygens (including phenoxy) is 1. The van der Waals surface area contributed by atoms with Gasteiger partial charge in [0.25, 0.3) is 5.91 Å². The number of carboxylic acid groups (broad SMARTS) is 1. The van der Waals surface area contributed by atoms with Crippen LogP contribution in [-0.2, 0) is 4.79 Å². The molecule has 132 valence electrons. The standard InChI is InChI=1S/C19H16N2O5/c1-11-15(9-12-3-8-16(22)17(10-12)26-2)18(23)21(20-11)14-6-4-13(5-7-14)19(24)25/h3-10,22H,1-2H3,(H,24,25)/b15-9-. The number of benzene rings is 2. The van der Waals surface area contributed by atoms with Crippen molar-refractivity contribution in [3.05, 3.63) is 59.2 Å². The lowest BCUT2D eigenvalue weighted by atomic mass is 10.1. The second kappa shape index (κ2) is 6.72. The first-order valence-corrected chi connectivity index (χ1v) is 7.73. The molecule has 1 amide bonds. The maximum absolute atomic E-state index is 12.7. The molecular formula is C19H16N2O5. The molecule has 0 unspecified atom stereocenters. The molecule has 1 aliphatic heterocycles. The van der Waals surface area contributed by atoms with E-state index in [0.29, 0.717) is 28.3 Å². The molecule has 0 aromatic heterocycles. The highest BCUT2D eigenvalue weighted by molar-refractivity contribution is 6.32. The molecule has 2 aromatic rings. The van der Waals surface area contributed by atoms with Crippen molar-refractivity contribution in [2.75, 3.05) is 12.1 Å². The number of phenolic OH excluding ortho intramolecular Hbond substituents is 1. The number of aromatic carboxylic acids is 1. The van der Waals surface area contributed by atoms with Gasteiger partial charge in [-0.25, -0.2) is 4.79 Å². The van der Waals surface area contributed by atoms with Crippen molar-refractivity contribution in [3.63, 3.8) is 0 Å². The van der Waals surface area contributed by atoms with Crippen LogP contribution in [0, 0.1) is 0 Å². The van der Waals surface area contributed by atoms with Gasteiger partial charge in [0, 0.05) is 0 Å². The van der Waals surface area contributed by atoms with E-state index in [2.05, 4.69) is 5.10 Å². The third-order valence-corrected chi connectivity index (χ3v) is 3.94. The van der Waals surface area contributed by atoms with Gasteiger partial charge in [-0.2, -0.15) is 10.1 Å². The van der Waals surface area contributed by atoms with Gasteiger partial charge in [-0.1, -0.05) is 6.07 Å². The number of carbonyl (C=O) groups is 2. The molecule has 1 heterocycles. The van der Waals surface area contributed by atoms with Crippen molar-refractivity contribution >= 4 is 29.4 Å². The normalized spacial score (nSPS) is 15.3. The highest BCUT2D eigenvalue weighted by atomic mass is 16.5. The van der Waals surface area contributed by atoms with Crippen LogP contribution in [0.3, 0.4) is 0 Å². The molecule has 7 heteroatoms. The Bertz CT molecular complexity index is 945. The fourth-order valence-electron chi connectivity index (χ4n) is 2.56. The molecule has 2 N–H and O–H groups in total. The number of methoxy groups -OCH3 is 1. The number of hydrazone groups is 1. The summed E-state index contributed by atoms with van der Waals surface area (Å²) < 4.78 is 5.07. The van der Waals surface area contributed by atoms with E-state index < -0.39 is 5.97 Å². The Hall–Kier alpha value is -3.61. The van der Waals surface area contributed by atoms with E-state index in [1.54, 1.807) is 25.1 Å². The van der Waals surface area contributed by atoms with Crippen LogP contribution in [0.1, 0.15) is 22.8 Å². The van der Waals surface area contributed by atoms with Crippen molar-refractivity contribution in [3.8, 4) is 11.5 Å². The second-order valence-corrected chi connectivity index (χ2v) is 5.64. The summed E-state index contributed by atoms with van der Waals surface area (Å²) in [5.74, 6) is -1.04. The zero-order valence-electron chi connectivity index (χ0n) is 14.1. The molecule has 0 aliphatic carbocycles. The summed E-state index contributed by atoms with van der Waals surface area (Å²) in [5.41, 5.74) is 2.23. The van der Waals surface area contributed by atoms with Crippen LogP contribution in [0.25, 0.3) is 6.08 Å². The third-order valence-electron chi connectivity index (χ3n) is 3.94. The van der Waals surface area contributed by atoms with Crippen LogP contribution >= 0.6 is 0 Å². The molecule has 7 nitrogen and oxygen atoms in total. The smallest absolute Gasteiger partial charge is 0.335 e. The number of aromatic hydroxyl groups is 1. The fourth-order valence-corrected chi connectivity index (χ4v) is 2.56. The van der Waals surface area contributed by atoms with Crippen molar-refractivity contribution in [1.82, 2.24) is 0 Å². The number of rotatable bonds is 4. The predicted molar refractivity (Wildman–Crippen MR) is 96.6 cm³/mol. The van der Waals surface area contributed by atoms with Crippen LogP contribution in [-0.4, -0.2) is 34.9 Å². The molecular weight excluding hydrogens is 336 g/mol. The topological polar surface area (TPSA) is 99.4 Å². The quantitative estimate of drug-likeness (QED) is 0.824. The average Bonchev–Trinajstić information content (AvgIpc) is 2.91. The molecule has 0 spiro atoms. The Balaban J connectivity index is 1.91. The maximum atomic E-state index is 12.7. The number of carbonyl (C=O) groups excluding carboxylic acids is 1. The zero-order chi connectivity index (χ0) is 18.8. The maximum Gasteiger partial charge on any atom is 0.335 e. The van der Waals surface area contributed by atoms with Gasteiger partial charge >= 0.3 is 5.97 Å². The number of phenols is 1. The largest absolute Gasteiger partial charge is 0.504 e. The highest BCUT2D eigenvalue weighted by Gasteiger charge is 2.28. The van der Waals surface area contributed by atoms with Gasteiger partial charge in [0.1, 0.15) is 0 Å². The number of carboxylic acids is 1. The molecule has 0 bridgehead atoms. The van der Waals surface area contributed by atoms with Gasteiger partial charge in [-0.3, -0.25) is 4.79 Å². The number of amides is 1. The first-order valence-electron chi connectivity index (χ1n) is 7.73. The van der Waals surface area contributed by atoms with Gasteiger partial charge < -0.3 is 14.9 Å². The Morgan fingerprint density at radius 1 is 1.19 bits per heavy atom. The van der Waals surface area contributed by atoms with Crippen molar-refractivity contribution in [2.45, 2.75) is 6.92 Å². The number of nitrogens with zero attached hydrogens (tertiary/aromatic N) is 2. The molecule has 3 rings (SSSR count). The molecule has 1 aliphatic rings. The highest BCUT2D eigenvalue weighted by Crippen LogP contribution is 2.29. The lowest BCUT2D eigenvalue weighted by Crippen LogP contribution is -2.21. The van der Waals surface area contributed by atoms with Crippen LogP contribution < -0.4 is 9.75 Å². The first-order chi connectivity index (χ1) is 12.4. The van der Waals surface area contributed by atoms with E-state index in [1.165, 1.54) is 42.5 Å². The van der Waals surface area contributed by atoms with Gasteiger partial charge in [-0.15, -0.1) is 0 Å². The number of hydrogen-bond acceptors (Lipinski definition) is 5. The molecule has 0 saturated carbocycles. The first kappa shape index (κ1) is 17.2. The Morgan fingerprint density at radius 3 is 2.50 bits per heavy atom. The minimum absolute atomic E-state index is 0.0120. The molecule has 0 atom stereocenters. The summed E-state index contributed by atoms with van der Waals surface area (Å²) in [6.07, 6.45) is 1.66. The van der Waals surface area contributed by atoms with Gasteiger partial charge in [0.05, 0.1) is 29.6 Å². The molecule has 0 radical (unpaired) electrons. The average molecular weight is 352 g/mol. The second-order valence-electron chi connectivity index (χ2n) is 5.64. The monoisotopic (exact) mass is 352 g/mol.